The maximum absolute atomic E-state index is 14.2. The summed E-state index contributed by atoms with van der Waals surface area (Å²) in [6, 6.07) is 13.0. The summed E-state index contributed by atoms with van der Waals surface area (Å²) in [5, 5.41) is 3.22. The second-order valence-electron chi connectivity index (χ2n) is 12.9. The van der Waals surface area contributed by atoms with Gasteiger partial charge in [-0.05, 0) is 104 Å². The van der Waals surface area contributed by atoms with Crippen LogP contribution in [0.25, 0.3) is 16.7 Å². The molecule has 44 heavy (non-hydrogen) atoms. The van der Waals surface area contributed by atoms with E-state index < -0.39 is 0 Å². The number of morpholine rings is 1. The third kappa shape index (κ3) is 7.12. The lowest BCUT2D eigenvalue weighted by Crippen LogP contribution is -2.35. The minimum Gasteiger partial charge on any atom is -0.379 e. The van der Waals surface area contributed by atoms with Gasteiger partial charge in [-0.1, -0.05) is 38.5 Å². The number of hydrogen-bond donors (Lipinski definition) is 1. The number of nitrogens with zero attached hydrogens (tertiary/aromatic N) is 4. The first kappa shape index (κ1) is 30.6. The molecular formula is C37H47N5O2. The molecule has 3 aliphatic rings. The van der Waals surface area contributed by atoms with E-state index in [0.29, 0.717) is 11.8 Å². The number of ether oxygens (including phenoxy) is 1. The van der Waals surface area contributed by atoms with E-state index in [1.54, 1.807) is 0 Å². The SMILES string of the molecule is CCC1=C(C(=O)Nc2ccc(CN3CCCC3)nc2)c2cc(-c3cncc(CN4CCOCC4)c3)ccc2C(C)C(C)CC1. The van der Waals surface area contributed by atoms with Crippen molar-refractivity contribution >= 4 is 17.2 Å². The zero-order valence-corrected chi connectivity index (χ0v) is 26.6. The fraction of sp³-hybridized carbons (Fsp3) is 0.486. The average Bonchev–Trinajstić information content (AvgIpc) is 3.56. The van der Waals surface area contributed by atoms with E-state index in [9.17, 15) is 4.79 Å². The van der Waals surface area contributed by atoms with Crippen molar-refractivity contribution in [3.8, 4) is 11.1 Å². The Morgan fingerprint density at radius 3 is 2.48 bits per heavy atom. The Kier molecular flexibility index (Phi) is 9.85. The molecule has 1 aliphatic carbocycles. The molecule has 232 valence electrons. The smallest absolute Gasteiger partial charge is 0.256 e. The monoisotopic (exact) mass is 593 g/mol. The van der Waals surface area contributed by atoms with Gasteiger partial charge >= 0.3 is 0 Å². The lowest BCUT2D eigenvalue weighted by atomic mass is 9.76. The quantitative estimate of drug-likeness (QED) is 0.306. The highest BCUT2D eigenvalue weighted by Gasteiger charge is 2.28. The van der Waals surface area contributed by atoms with Gasteiger partial charge in [0.25, 0.3) is 5.91 Å². The number of carbonyl (C=O) groups excluding carboxylic acids is 1. The number of amides is 1. The van der Waals surface area contributed by atoms with E-state index >= 15 is 0 Å². The van der Waals surface area contributed by atoms with Crippen LogP contribution in [0.2, 0.25) is 0 Å². The molecule has 2 atom stereocenters. The van der Waals surface area contributed by atoms with Crippen molar-refractivity contribution in [1.29, 1.82) is 0 Å². The van der Waals surface area contributed by atoms with Gasteiger partial charge in [-0.25, -0.2) is 0 Å². The first-order valence-corrected chi connectivity index (χ1v) is 16.6. The fourth-order valence-corrected chi connectivity index (χ4v) is 6.96. The lowest BCUT2D eigenvalue weighted by Gasteiger charge is -2.29. The number of aromatic nitrogens is 2. The molecule has 3 aromatic rings. The Morgan fingerprint density at radius 1 is 0.932 bits per heavy atom. The number of likely N-dealkylation sites (tertiary alicyclic amines) is 1. The summed E-state index contributed by atoms with van der Waals surface area (Å²) in [7, 11) is 0. The molecule has 2 unspecified atom stereocenters. The van der Waals surface area contributed by atoms with Crippen molar-refractivity contribution in [2.75, 3.05) is 44.7 Å². The summed E-state index contributed by atoms with van der Waals surface area (Å²) >= 11 is 0. The molecule has 7 heteroatoms. The van der Waals surface area contributed by atoms with E-state index in [-0.39, 0.29) is 5.91 Å². The fourth-order valence-electron chi connectivity index (χ4n) is 6.96. The van der Waals surface area contributed by atoms with Gasteiger partial charge in [0.1, 0.15) is 0 Å². The molecule has 1 aromatic carbocycles. The van der Waals surface area contributed by atoms with Crippen molar-refractivity contribution in [2.24, 2.45) is 5.92 Å². The minimum atomic E-state index is -0.0460. The van der Waals surface area contributed by atoms with Gasteiger partial charge in [0.15, 0.2) is 0 Å². The molecule has 1 amide bonds. The molecule has 2 fully saturated rings. The number of nitrogens with one attached hydrogen (secondary N) is 1. The number of hydrogen-bond acceptors (Lipinski definition) is 6. The van der Waals surface area contributed by atoms with E-state index in [1.165, 1.54) is 29.5 Å². The maximum Gasteiger partial charge on any atom is 0.256 e. The van der Waals surface area contributed by atoms with Crippen molar-refractivity contribution in [2.45, 2.75) is 71.9 Å². The van der Waals surface area contributed by atoms with Gasteiger partial charge in [0.05, 0.1) is 30.8 Å². The predicted octanol–water partition coefficient (Wildman–Crippen LogP) is 6.91. The zero-order chi connectivity index (χ0) is 30.5. The minimum absolute atomic E-state index is 0.0460. The van der Waals surface area contributed by atoms with Crippen LogP contribution < -0.4 is 5.32 Å². The summed E-state index contributed by atoms with van der Waals surface area (Å²) in [6.07, 6.45) is 11.1. The highest BCUT2D eigenvalue weighted by Crippen LogP contribution is 2.41. The molecule has 0 saturated carbocycles. The largest absolute Gasteiger partial charge is 0.379 e. The van der Waals surface area contributed by atoms with Gasteiger partial charge in [-0.15, -0.1) is 0 Å². The first-order valence-electron chi connectivity index (χ1n) is 16.6. The highest BCUT2D eigenvalue weighted by atomic mass is 16.5. The number of pyridine rings is 2. The first-order chi connectivity index (χ1) is 21.5. The standard InChI is InChI=1S/C37H47N5O2/c1-4-29-8-7-26(2)27(3)34-12-9-30(31-19-28(21-38-22-31)24-42-15-17-44-18-16-42)20-35(34)36(29)37(43)40-32-10-11-33(39-23-32)25-41-13-5-6-14-41/h9-12,19-23,26-27H,4-8,13-18,24-25H2,1-3H3,(H,40,43). The predicted molar refractivity (Wildman–Crippen MR) is 177 cm³/mol. The summed E-state index contributed by atoms with van der Waals surface area (Å²) in [6.45, 7) is 14.3. The Balaban J connectivity index is 1.31. The second kappa shape index (κ2) is 14.1. The van der Waals surface area contributed by atoms with Gasteiger partial charge in [0.2, 0.25) is 0 Å². The van der Waals surface area contributed by atoms with Crippen LogP contribution in [0.5, 0.6) is 0 Å². The third-order valence-corrected chi connectivity index (χ3v) is 9.88. The van der Waals surface area contributed by atoms with Crippen molar-refractivity contribution in [3.05, 3.63) is 82.9 Å². The molecule has 1 N–H and O–H groups in total. The molecule has 2 aromatic heterocycles. The molecule has 4 heterocycles. The molecule has 2 saturated heterocycles. The zero-order valence-electron chi connectivity index (χ0n) is 26.6. The lowest BCUT2D eigenvalue weighted by molar-refractivity contribution is -0.111. The van der Waals surface area contributed by atoms with E-state index in [4.69, 9.17) is 9.72 Å². The number of fused-ring (bicyclic) bond motifs is 1. The van der Waals surface area contributed by atoms with Crippen LogP contribution in [0.1, 0.15) is 81.2 Å². The normalized spacial score (nSPS) is 21.5. The van der Waals surface area contributed by atoms with Crippen LogP contribution >= 0.6 is 0 Å². The van der Waals surface area contributed by atoms with Crippen LogP contribution in [-0.4, -0.2) is 65.1 Å². The molecule has 0 spiro atoms. The molecule has 2 aliphatic heterocycles. The maximum atomic E-state index is 14.2. The van der Waals surface area contributed by atoms with E-state index in [2.05, 4.69) is 65.1 Å². The van der Waals surface area contributed by atoms with Gasteiger partial charge < -0.3 is 10.1 Å². The molecular weight excluding hydrogens is 546 g/mol. The average molecular weight is 594 g/mol. The van der Waals surface area contributed by atoms with E-state index in [0.717, 1.165) is 105 Å². The molecule has 0 bridgehead atoms. The third-order valence-electron chi connectivity index (χ3n) is 9.88. The summed E-state index contributed by atoms with van der Waals surface area (Å²) in [4.78, 5) is 28.4. The topological polar surface area (TPSA) is 70.6 Å². The van der Waals surface area contributed by atoms with Crippen LogP contribution in [0.4, 0.5) is 5.69 Å². The summed E-state index contributed by atoms with van der Waals surface area (Å²) < 4.78 is 5.53. The van der Waals surface area contributed by atoms with Crippen molar-refractivity contribution < 1.29 is 9.53 Å². The van der Waals surface area contributed by atoms with Gasteiger partial charge in [-0.2, -0.15) is 0 Å². The van der Waals surface area contributed by atoms with Gasteiger partial charge in [0, 0.05) is 49.7 Å². The van der Waals surface area contributed by atoms with Gasteiger partial charge in [-0.3, -0.25) is 24.6 Å². The number of carbonyl (C=O) groups is 1. The number of anilines is 1. The van der Waals surface area contributed by atoms with Crippen molar-refractivity contribution in [3.63, 3.8) is 0 Å². The summed E-state index contributed by atoms with van der Waals surface area (Å²) in [5.41, 5.74) is 9.49. The second-order valence-corrected chi connectivity index (χ2v) is 12.9. The number of benzene rings is 1. The Morgan fingerprint density at radius 2 is 1.73 bits per heavy atom. The Bertz CT molecular complexity index is 1470. The molecule has 6 rings (SSSR count). The van der Waals surface area contributed by atoms with Crippen LogP contribution in [0.3, 0.4) is 0 Å². The van der Waals surface area contributed by atoms with Crippen LogP contribution in [-0.2, 0) is 22.6 Å². The Labute approximate surface area is 262 Å². The molecule has 7 nitrogen and oxygen atoms in total. The van der Waals surface area contributed by atoms with Crippen LogP contribution in [0, 0.1) is 5.92 Å². The summed E-state index contributed by atoms with van der Waals surface area (Å²) in [5.74, 6) is 0.824. The van der Waals surface area contributed by atoms with Crippen molar-refractivity contribution in [1.82, 2.24) is 19.8 Å². The number of allylic oxidation sites excluding steroid dienone is 1. The molecule has 0 radical (unpaired) electrons. The number of rotatable bonds is 8. The van der Waals surface area contributed by atoms with Crippen LogP contribution in [0.15, 0.2) is 60.6 Å². The van der Waals surface area contributed by atoms with E-state index in [1.807, 2.05) is 30.7 Å². The highest BCUT2D eigenvalue weighted by molar-refractivity contribution is 6.26. The Hall–Kier alpha value is -3.39.